The van der Waals surface area contributed by atoms with Crippen LogP contribution in [0.1, 0.15) is 13.8 Å². The van der Waals surface area contributed by atoms with E-state index >= 15 is 0 Å². The van der Waals surface area contributed by atoms with Crippen LogP contribution in [0.3, 0.4) is 0 Å². The molecule has 0 aromatic rings. The molecule has 0 aromatic heterocycles. The Labute approximate surface area is 109 Å². The summed E-state index contributed by atoms with van der Waals surface area (Å²) < 4.78 is 9.52. The quantitative estimate of drug-likeness (QED) is 0.487. The van der Waals surface area contributed by atoms with E-state index in [1.807, 2.05) is 11.8 Å². The van der Waals surface area contributed by atoms with Crippen molar-refractivity contribution in [2.75, 3.05) is 41.0 Å². The van der Waals surface area contributed by atoms with E-state index in [2.05, 4.69) is 10.1 Å². The van der Waals surface area contributed by atoms with Gasteiger partial charge in [-0.25, -0.2) is 0 Å². The molecule has 0 rings (SSSR count). The van der Waals surface area contributed by atoms with Crippen LogP contribution in [0.2, 0.25) is 0 Å². The Bertz CT molecular complexity index is 271. The molecule has 0 fully saturated rings. The number of nitrogens with one attached hydrogen (secondary N) is 1. The zero-order chi connectivity index (χ0) is 14.1. The summed E-state index contributed by atoms with van der Waals surface area (Å²) in [5, 5.41) is 2.73. The first-order valence-electron chi connectivity index (χ1n) is 5.97. The molecule has 0 heterocycles. The zero-order valence-corrected chi connectivity index (χ0v) is 11.9. The molecule has 1 N–H and O–H groups in total. The Morgan fingerprint density at radius 1 is 1.28 bits per heavy atom. The molecular weight excluding hydrogens is 236 g/mol. The van der Waals surface area contributed by atoms with Crippen molar-refractivity contribution >= 4 is 11.9 Å². The topological polar surface area (TPSA) is 67.9 Å². The number of hydrogen-bond donors (Lipinski definition) is 1. The van der Waals surface area contributed by atoms with Crippen molar-refractivity contribution in [3.05, 3.63) is 0 Å². The van der Waals surface area contributed by atoms with E-state index in [0.29, 0.717) is 13.2 Å². The predicted octanol–water partition coefficient (Wildman–Crippen LogP) is -0.122. The fraction of sp³-hybridized carbons (Fsp3) is 0.833. The lowest BCUT2D eigenvalue weighted by atomic mass is 10.0. The maximum Gasteiger partial charge on any atom is 0.309 e. The number of carbonyl (C=O) groups excluding carboxylic acids is 2. The van der Waals surface area contributed by atoms with Crippen LogP contribution in [-0.4, -0.2) is 63.8 Å². The summed E-state index contributed by atoms with van der Waals surface area (Å²) in [5.74, 6) is -0.626. The fourth-order valence-corrected chi connectivity index (χ4v) is 1.48. The Morgan fingerprint density at radius 3 is 2.39 bits per heavy atom. The number of ether oxygens (including phenoxy) is 2. The van der Waals surface area contributed by atoms with E-state index in [1.54, 1.807) is 21.1 Å². The Morgan fingerprint density at radius 2 is 1.89 bits per heavy atom. The number of amides is 1. The van der Waals surface area contributed by atoms with Crippen molar-refractivity contribution in [3.63, 3.8) is 0 Å². The van der Waals surface area contributed by atoms with Crippen LogP contribution < -0.4 is 5.32 Å². The van der Waals surface area contributed by atoms with Gasteiger partial charge in [0.05, 0.1) is 26.2 Å². The van der Waals surface area contributed by atoms with E-state index in [0.717, 1.165) is 0 Å². The third-order valence-corrected chi connectivity index (χ3v) is 3.01. The average molecular weight is 260 g/mol. The minimum Gasteiger partial charge on any atom is -0.469 e. The molecule has 2 atom stereocenters. The maximum atomic E-state index is 11.6. The lowest BCUT2D eigenvalue weighted by Crippen LogP contribution is -2.44. The van der Waals surface area contributed by atoms with Gasteiger partial charge in [0, 0.05) is 19.7 Å². The summed E-state index contributed by atoms with van der Waals surface area (Å²) in [4.78, 5) is 24.8. The van der Waals surface area contributed by atoms with E-state index in [-0.39, 0.29) is 30.4 Å². The predicted molar refractivity (Wildman–Crippen MR) is 68.2 cm³/mol. The number of esters is 1. The van der Waals surface area contributed by atoms with Gasteiger partial charge in [0.2, 0.25) is 5.91 Å². The molecule has 0 bridgehead atoms. The first kappa shape index (κ1) is 16.9. The first-order valence-corrected chi connectivity index (χ1v) is 5.97. The molecule has 0 aliphatic carbocycles. The van der Waals surface area contributed by atoms with Gasteiger partial charge in [-0.05, 0) is 14.0 Å². The van der Waals surface area contributed by atoms with E-state index < -0.39 is 0 Å². The number of hydrogen-bond acceptors (Lipinski definition) is 5. The van der Waals surface area contributed by atoms with Gasteiger partial charge in [-0.15, -0.1) is 0 Å². The summed E-state index contributed by atoms with van der Waals surface area (Å²) in [5.41, 5.74) is 0. The van der Waals surface area contributed by atoms with Gasteiger partial charge >= 0.3 is 5.97 Å². The van der Waals surface area contributed by atoms with Crippen LogP contribution in [0, 0.1) is 5.92 Å². The molecule has 18 heavy (non-hydrogen) atoms. The molecule has 0 spiro atoms. The highest BCUT2D eigenvalue weighted by atomic mass is 16.5. The molecule has 0 radical (unpaired) electrons. The molecule has 106 valence electrons. The summed E-state index contributed by atoms with van der Waals surface area (Å²) in [6.45, 7) is 4.90. The highest BCUT2D eigenvalue weighted by Gasteiger charge is 2.25. The van der Waals surface area contributed by atoms with Crippen molar-refractivity contribution in [1.29, 1.82) is 0 Å². The molecule has 0 aromatic carbocycles. The van der Waals surface area contributed by atoms with Crippen LogP contribution in [0.5, 0.6) is 0 Å². The zero-order valence-electron chi connectivity index (χ0n) is 11.9. The van der Waals surface area contributed by atoms with Crippen LogP contribution in [0.15, 0.2) is 0 Å². The normalized spacial score (nSPS) is 14.1. The molecule has 6 nitrogen and oxygen atoms in total. The SMILES string of the molecule is COCCNC(=O)CN(C)C(C)C(C)C(=O)OC. The summed E-state index contributed by atoms with van der Waals surface area (Å²) in [6.07, 6.45) is 0. The Kier molecular flexibility index (Phi) is 8.32. The summed E-state index contributed by atoms with van der Waals surface area (Å²) >= 11 is 0. The van der Waals surface area contributed by atoms with Crippen LogP contribution >= 0.6 is 0 Å². The standard InChI is InChI=1S/C12H24N2O4/c1-9(12(16)18-5)10(2)14(3)8-11(15)13-6-7-17-4/h9-10H,6-8H2,1-5H3,(H,13,15). The summed E-state index contributed by atoms with van der Waals surface area (Å²) in [6, 6.07) is -0.0642. The number of carbonyl (C=O) groups is 2. The smallest absolute Gasteiger partial charge is 0.309 e. The number of methoxy groups -OCH3 is 2. The summed E-state index contributed by atoms with van der Waals surface area (Å²) in [7, 11) is 4.75. The number of likely N-dealkylation sites (N-methyl/N-ethyl adjacent to an activating group) is 1. The minimum absolute atomic E-state index is 0.0642. The lowest BCUT2D eigenvalue weighted by molar-refractivity contribution is -0.147. The lowest BCUT2D eigenvalue weighted by Gasteiger charge is -2.27. The van der Waals surface area contributed by atoms with Crippen molar-refractivity contribution in [2.45, 2.75) is 19.9 Å². The number of rotatable bonds is 8. The fourth-order valence-electron chi connectivity index (χ4n) is 1.48. The average Bonchev–Trinajstić information content (AvgIpc) is 2.36. The van der Waals surface area contributed by atoms with Gasteiger partial charge in [0.15, 0.2) is 0 Å². The second kappa shape index (κ2) is 8.88. The Balaban J connectivity index is 4.10. The molecule has 0 saturated carbocycles. The molecule has 0 saturated heterocycles. The van der Waals surface area contributed by atoms with Gasteiger partial charge in [0.25, 0.3) is 0 Å². The van der Waals surface area contributed by atoms with E-state index in [1.165, 1.54) is 7.11 Å². The third-order valence-electron chi connectivity index (χ3n) is 3.01. The number of nitrogens with zero attached hydrogens (tertiary/aromatic N) is 1. The first-order chi connectivity index (χ1) is 8.43. The van der Waals surface area contributed by atoms with E-state index in [9.17, 15) is 9.59 Å². The second-order valence-corrected chi connectivity index (χ2v) is 4.31. The van der Waals surface area contributed by atoms with Crippen LogP contribution in [0.25, 0.3) is 0 Å². The largest absolute Gasteiger partial charge is 0.469 e. The van der Waals surface area contributed by atoms with Gasteiger partial charge in [-0.3, -0.25) is 14.5 Å². The van der Waals surface area contributed by atoms with Gasteiger partial charge < -0.3 is 14.8 Å². The second-order valence-electron chi connectivity index (χ2n) is 4.31. The molecule has 1 amide bonds. The molecule has 2 unspecified atom stereocenters. The molecule has 0 aliphatic heterocycles. The monoisotopic (exact) mass is 260 g/mol. The van der Waals surface area contributed by atoms with E-state index in [4.69, 9.17) is 4.74 Å². The Hall–Kier alpha value is -1.14. The van der Waals surface area contributed by atoms with Crippen molar-refractivity contribution in [1.82, 2.24) is 10.2 Å². The van der Waals surface area contributed by atoms with Crippen LogP contribution in [0.4, 0.5) is 0 Å². The molecule has 0 aliphatic rings. The van der Waals surface area contributed by atoms with Crippen molar-refractivity contribution in [2.24, 2.45) is 5.92 Å². The highest BCUT2D eigenvalue weighted by Crippen LogP contribution is 2.10. The van der Waals surface area contributed by atoms with Gasteiger partial charge in [-0.2, -0.15) is 0 Å². The highest BCUT2D eigenvalue weighted by molar-refractivity contribution is 5.78. The molecular formula is C12H24N2O4. The van der Waals surface area contributed by atoms with Crippen LogP contribution in [-0.2, 0) is 19.1 Å². The van der Waals surface area contributed by atoms with Crippen molar-refractivity contribution < 1.29 is 19.1 Å². The minimum atomic E-state index is -0.272. The third kappa shape index (κ3) is 5.97. The molecule has 6 heteroatoms. The van der Waals surface area contributed by atoms with Crippen molar-refractivity contribution in [3.8, 4) is 0 Å². The van der Waals surface area contributed by atoms with Gasteiger partial charge in [0.1, 0.15) is 0 Å². The van der Waals surface area contributed by atoms with Gasteiger partial charge in [-0.1, -0.05) is 6.92 Å². The maximum absolute atomic E-state index is 11.6.